The average molecular weight is 302 g/mol. The Balaban J connectivity index is 1.67. The van der Waals surface area contributed by atoms with Crippen molar-refractivity contribution in [2.75, 3.05) is 32.9 Å². The molecule has 1 aromatic rings. The van der Waals surface area contributed by atoms with E-state index in [1.54, 1.807) is 0 Å². The molecule has 4 nitrogen and oxygen atoms in total. The molecule has 0 unspecified atom stereocenters. The molecule has 2 atom stereocenters. The number of likely N-dealkylation sites (tertiary alicyclic amines) is 1. The van der Waals surface area contributed by atoms with Crippen molar-refractivity contribution in [1.82, 2.24) is 9.88 Å². The van der Waals surface area contributed by atoms with Crippen molar-refractivity contribution in [3.05, 3.63) is 42.7 Å². The number of hydrogen-bond donors (Lipinski definition) is 0. The topological polar surface area (TPSA) is 34.6 Å². The number of nitrogens with zero attached hydrogens (tertiary/aromatic N) is 2. The highest BCUT2D eigenvalue weighted by molar-refractivity contribution is 5.10. The van der Waals surface area contributed by atoms with Crippen LogP contribution in [0.1, 0.15) is 24.8 Å². The van der Waals surface area contributed by atoms with Gasteiger partial charge in [-0.15, -0.1) is 6.58 Å². The van der Waals surface area contributed by atoms with Crippen LogP contribution in [0.3, 0.4) is 0 Å². The third kappa shape index (κ3) is 3.57. The van der Waals surface area contributed by atoms with Gasteiger partial charge in [-0.05, 0) is 37.0 Å². The van der Waals surface area contributed by atoms with Gasteiger partial charge in [-0.3, -0.25) is 9.88 Å². The van der Waals surface area contributed by atoms with Crippen molar-refractivity contribution in [3.63, 3.8) is 0 Å². The van der Waals surface area contributed by atoms with E-state index < -0.39 is 0 Å². The minimum Gasteiger partial charge on any atom is -0.377 e. The molecule has 3 heterocycles. The second-order valence-corrected chi connectivity index (χ2v) is 6.48. The molecule has 2 saturated heterocycles. The van der Waals surface area contributed by atoms with Crippen LogP contribution in [0.4, 0.5) is 0 Å². The Morgan fingerprint density at radius 3 is 3.14 bits per heavy atom. The van der Waals surface area contributed by atoms with E-state index in [0.717, 1.165) is 45.7 Å². The van der Waals surface area contributed by atoms with Crippen molar-refractivity contribution >= 4 is 0 Å². The molecule has 22 heavy (non-hydrogen) atoms. The van der Waals surface area contributed by atoms with Crippen LogP contribution in [0.25, 0.3) is 0 Å². The van der Waals surface area contributed by atoms with Gasteiger partial charge in [0.2, 0.25) is 0 Å². The van der Waals surface area contributed by atoms with E-state index in [9.17, 15) is 0 Å². The van der Waals surface area contributed by atoms with Gasteiger partial charge in [-0.25, -0.2) is 0 Å². The summed E-state index contributed by atoms with van der Waals surface area (Å²) in [4.78, 5) is 6.64. The minimum absolute atomic E-state index is 0.145. The first-order chi connectivity index (χ1) is 10.8. The van der Waals surface area contributed by atoms with Crippen LogP contribution in [0.2, 0.25) is 0 Å². The zero-order valence-corrected chi connectivity index (χ0v) is 13.2. The fraction of sp³-hybridized carbons (Fsp3) is 0.611. The van der Waals surface area contributed by atoms with Crippen molar-refractivity contribution in [1.29, 1.82) is 0 Å². The SMILES string of the molecule is C=CCOC[C@@]12CCCO[C@H]1CCN(Cc1ccncc1)C2. The van der Waals surface area contributed by atoms with Gasteiger partial charge in [0.05, 0.1) is 19.3 Å². The van der Waals surface area contributed by atoms with E-state index in [-0.39, 0.29) is 5.41 Å². The maximum Gasteiger partial charge on any atom is 0.0677 e. The third-order valence-electron chi connectivity index (χ3n) is 4.85. The summed E-state index contributed by atoms with van der Waals surface area (Å²) >= 11 is 0. The summed E-state index contributed by atoms with van der Waals surface area (Å²) in [6, 6.07) is 4.20. The summed E-state index contributed by atoms with van der Waals surface area (Å²) in [7, 11) is 0. The number of piperidine rings is 1. The Kier molecular flexibility index (Phi) is 5.24. The first-order valence-electron chi connectivity index (χ1n) is 8.24. The van der Waals surface area contributed by atoms with Crippen LogP contribution in [0.15, 0.2) is 37.2 Å². The Bertz CT molecular complexity index is 479. The first-order valence-corrected chi connectivity index (χ1v) is 8.24. The maximum absolute atomic E-state index is 6.07. The lowest BCUT2D eigenvalue weighted by atomic mass is 9.73. The highest BCUT2D eigenvalue weighted by atomic mass is 16.5. The maximum atomic E-state index is 6.07. The summed E-state index contributed by atoms with van der Waals surface area (Å²) < 4.78 is 11.9. The molecule has 0 radical (unpaired) electrons. The fourth-order valence-corrected chi connectivity index (χ4v) is 3.82. The molecule has 0 N–H and O–H groups in total. The molecule has 0 saturated carbocycles. The zero-order chi connectivity index (χ0) is 15.3. The highest BCUT2D eigenvalue weighted by Gasteiger charge is 2.45. The van der Waals surface area contributed by atoms with E-state index in [1.165, 1.54) is 12.0 Å². The van der Waals surface area contributed by atoms with E-state index in [0.29, 0.717) is 12.7 Å². The molecule has 3 rings (SSSR count). The summed E-state index contributed by atoms with van der Waals surface area (Å²) in [5.74, 6) is 0. The molecule has 0 spiro atoms. The van der Waals surface area contributed by atoms with Crippen LogP contribution >= 0.6 is 0 Å². The summed E-state index contributed by atoms with van der Waals surface area (Å²) in [5, 5.41) is 0. The van der Waals surface area contributed by atoms with Crippen LogP contribution in [0, 0.1) is 5.41 Å². The number of fused-ring (bicyclic) bond motifs is 1. The van der Waals surface area contributed by atoms with Gasteiger partial charge in [0, 0.05) is 44.0 Å². The molecule has 0 aromatic carbocycles. The van der Waals surface area contributed by atoms with Crippen LogP contribution in [-0.2, 0) is 16.0 Å². The standard InChI is InChI=1S/C18H26N2O2/c1-2-11-21-15-18-7-3-12-22-17(18)6-10-20(14-18)13-16-4-8-19-9-5-16/h2,4-5,8-9,17H,1,3,6-7,10-15H2/t17-,18-/m0/s1. The van der Waals surface area contributed by atoms with Gasteiger partial charge in [-0.2, -0.15) is 0 Å². The van der Waals surface area contributed by atoms with Crippen molar-refractivity contribution in [2.45, 2.75) is 31.9 Å². The van der Waals surface area contributed by atoms with E-state index in [1.807, 2.05) is 18.5 Å². The van der Waals surface area contributed by atoms with Crippen molar-refractivity contribution in [3.8, 4) is 0 Å². The van der Waals surface area contributed by atoms with E-state index in [4.69, 9.17) is 9.47 Å². The molecule has 4 heteroatoms. The molecule has 2 aliphatic rings. The molecular weight excluding hydrogens is 276 g/mol. The third-order valence-corrected chi connectivity index (χ3v) is 4.85. The summed E-state index contributed by atoms with van der Waals surface area (Å²) in [5.41, 5.74) is 1.47. The van der Waals surface area contributed by atoms with Gasteiger partial charge < -0.3 is 9.47 Å². The number of aromatic nitrogens is 1. The van der Waals surface area contributed by atoms with E-state index in [2.05, 4.69) is 28.6 Å². The smallest absolute Gasteiger partial charge is 0.0677 e. The number of pyridine rings is 1. The molecule has 1 aromatic heterocycles. The molecule has 0 aliphatic carbocycles. The highest BCUT2D eigenvalue weighted by Crippen LogP contribution is 2.40. The second kappa shape index (κ2) is 7.36. The fourth-order valence-electron chi connectivity index (χ4n) is 3.82. The predicted octanol–water partition coefficient (Wildman–Crippen LogP) is 2.66. The van der Waals surface area contributed by atoms with Crippen LogP contribution in [0.5, 0.6) is 0 Å². The molecule has 2 fully saturated rings. The summed E-state index contributed by atoms with van der Waals surface area (Å²) in [6.45, 7) is 9.17. The normalized spacial score (nSPS) is 29.0. The first kappa shape index (κ1) is 15.7. The van der Waals surface area contributed by atoms with Crippen LogP contribution < -0.4 is 0 Å². The minimum atomic E-state index is 0.145. The largest absolute Gasteiger partial charge is 0.377 e. The Hall–Kier alpha value is -1.23. The number of hydrogen-bond acceptors (Lipinski definition) is 4. The Labute approximate surface area is 133 Å². The van der Waals surface area contributed by atoms with Crippen molar-refractivity contribution in [2.24, 2.45) is 5.41 Å². The molecular formula is C18H26N2O2. The Morgan fingerprint density at radius 1 is 1.45 bits per heavy atom. The van der Waals surface area contributed by atoms with E-state index >= 15 is 0 Å². The van der Waals surface area contributed by atoms with Crippen LogP contribution in [-0.4, -0.2) is 48.9 Å². The molecule has 0 amide bonds. The zero-order valence-electron chi connectivity index (χ0n) is 13.2. The number of rotatable bonds is 6. The molecule has 0 bridgehead atoms. The quantitative estimate of drug-likeness (QED) is 0.598. The summed E-state index contributed by atoms with van der Waals surface area (Å²) in [6.07, 6.45) is 9.34. The molecule has 120 valence electrons. The monoisotopic (exact) mass is 302 g/mol. The molecule has 2 aliphatic heterocycles. The van der Waals surface area contributed by atoms with Gasteiger partial charge in [0.25, 0.3) is 0 Å². The van der Waals surface area contributed by atoms with Crippen molar-refractivity contribution < 1.29 is 9.47 Å². The van der Waals surface area contributed by atoms with Gasteiger partial charge in [0.1, 0.15) is 0 Å². The van der Waals surface area contributed by atoms with Gasteiger partial charge in [-0.1, -0.05) is 6.08 Å². The lowest BCUT2D eigenvalue weighted by Crippen LogP contribution is -2.56. The Morgan fingerprint density at radius 2 is 2.32 bits per heavy atom. The lowest BCUT2D eigenvalue weighted by Gasteiger charge is -2.50. The second-order valence-electron chi connectivity index (χ2n) is 6.48. The number of ether oxygens (including phenoxy) is 2. The van der Waals surface area contributed by atoms with Gasteiger partial charge >= 0.3 is 0 Å². The predicted molar refractivity (Wildman–Crippen MR) is 86.6 cm³/mol. The average Bonchev–Trinajstić information content (AvgIpc) is 2.56. The lowest BCUT2D eigenvalue weighted by molar-refractivity contribution is -0.152. The van der Waals surface area contributed by atoms with Gasteiger partial charge in [0.15, 0.2) is 0 Å².